The smallest absolute Gasteiger partial charge is 0.242 e. The van der Waals surface area contributed by atoms with Gasteiger partial charge in [0.25, 0.3) is 0 Å². The van der Waals surface area contributed by atoms with Gasteiger partial charge in [-0.25, -0.2) is 13.1 Å². The fourth-order valence-corrected chi connectivity index (χ4v) is 4.78. The molecule has 1 aliphatic heterocycles. The third kappa shape index (κ3) is 4.81. The molecule has 0 spiro atoms. The van der Waals surface area contributed by atoms with E-state index >= 15 is 0 Å². The van der Waals surface area contributed by atoms with Gasteiger partial charge in [-0.05, 0) is 31.4 Å². The molecule has 2 unspecified atom stereocenters. The van der Waals surface area contributed by atoms with E-state index in [4.69, 9.17) is 23.2 Å². The molecule has 130 valence electrons. The van der Waals surface area contributed by atoms with Gasteiger partial charge in [0.05, 0.1) is 16.1 Å². The van der Waals surface area contributed by atoms with E-state index < -0.39 is 16.1 Å². The Morgan fingerprint density at radius 2 is 2.09 bits per heavy atom. The molecular formula is C15H22Cl2N2O3S. The minimum absolute atomic E-state index is 0.0156. The lowest BCUT2D eigenvalue weighted by Gasteiger charge is -2.24. The van der Waals surface area contributed by atoms with Crippen molar-refractivity contribution in [1.82, 2.24) is 9.62 Å². The summed E-state index contributed by atoms with van der Waals surface area (Å²) in [5.74, 6) is 0.596. The highest BCUT2D eigenvalue weighted by Gasteiger charge is 2.28. The third-order valence-electron chi connectivity index (χ3n) is 4.07. The Labute approximate surface area is 147 Å². The molecule has 5 nitrogen and oxygen atoms in total. The Bertz CT molecular complexity index is 654. The summed E-state index contributed by atoms with van der Waals surface area (Å²) in [6, 6.07) is 4.83. The lowest BCUT2D eigenvalue weighted by Crippen LogP contribution is -2.41. The zero-order valence-electron chi connectivity index (χ0n) is 13.2. The SMILES string of the molecule is CC1CC(C)N(C[C@@H](O)CNS(=O)(=O)c2cccc(Cl)c2Cl)C1. The molecule has 2 N–H and O–H groups in total. The van der Waals surface area contributed by atoms with Gasteiger partial charge >= 0.3 is 0 Å². The van der Waals surface area contributed by atoms with E-state index in [0.717, 1.165) is 13.0 Å². The predicted octanol–water partition coefficient (Wildman–Crippen LogP) is 2.36. The lowest BCUT2D eigenvalue weighted by molar-refractivity contribution is 0.111. The van der Waals surface area contributed by atoms with Crippen LogP contribution in [0.3, 0.4) is 0 Å². The number of hydrogen-bond acceptors (Lipinski definition) is 4. The van der Waals surface area contributed by atoms with Gasteiger partial charge in [-0.1, -0.05) is 36.2 Å². The quantitative estimate of drug-likeness (QED) is 0.794. The number of hydrogen-bond donors (Lipinski definition) is 2. The number of sulfonamides is 1. The average molecular weight is 381 g/mol. The van der Waals surface area contributed by atoms with Crippen LogP contribution in [0.4, 0.5) is 0 Å². The Hall–Kier alpha value is -0.370. The lowest BCUT2D eigenvalue weighted by atomic mass is 10.1. The van der Waals surface area contributed by atoms with Crippen LogP contribution in [0.25, 0.3) is 0 Å². The molecule has 0 aliphatic carbocycles. The first kappa shape index (κ1) is 19.0. The van der Waals surface area contributed by atoms with Crippen LogP contribution in [0.15, 0.2) is 23.1 Å². The molecule has 1 aliphatic rings. The first-order valence-electron chi connectivity index (χ1n) is 7.56. The van der Waals surface area contributed by atoms with Crippen LogP contribution >= 0.6 is 23.2 Å². The molecule has 1 heterocycles. The zero-order chi connectivity index (χ0) is 17.2. The summed E-state index contributed by atoms with van der Waals surface area (Å²) in [5, 5.41) is 10.3. The highest BCUT2D eigenvalue weighted by molar-refractivity contribution is 7.89. The number of β-amino-alcohol motifs (C(OH)–C–C–N with tert-alkyl or cyclic N) is 1. The highest BCUT2D eigenvalue weighted by Crippen LogP contribution is 2.28. The van der Waals surface area contributed by atoms with Gasteiger partial charge in [-0.15, -0.1) is 0 Å². The summed E-state index contributed by atoms with van der Waals surface area (Å²) in [7, 11) is -3.81. The summed E-state index contributed by atoms with van der Waals surface area (Å²) in [4.78, 5) is 2.10. The van der Waals surface area contributed by atoms with E-state index in [1.807, 2.05) is 0 Å². The van der Waals surface area contributed by atoms with Gasteiger partial charge < -0.3 is 5.11 Å². The second kappa shape index (κ2) is 7.68. The molecule has 8 heteroatoms. The number of aliphatic hydroxyl groups excluding tert-OH is 1. The van der Waals surface area contributed by atoms with Crippen LogP contribution in [-0.2, 0) is 10.0 Å². The van der Waals surface area contributed by atoms with E-state index in [0.29, 0.717) is 18.5 Å². The first-order valence-corrected chi connectivity index (χ1v) is 9.80. The molecule has 0 aromatic heterocycles. The van der Waals surface area contributed by atoms with E-state index in [1.165, 1.54) is 18.2 Å². The Morgan fingerprint density at radius 3 is 2.70 bits per heavy atom. The van der Waals surface area contributed by atoms with Crippen LogP contribution in [0.2, 0.25) is 10.0 Å². The Balaban J connectivity index is 1.95. The van der Waals surface area contributed by atoms with E-state index in [1.54, 1.807) is 0 Å². The zero-order valence-corrected chi connectivity index (χ0v) is 15.5. The van der Waals surface area contributed by atoms with Crippen LogP contribution in [-0.4, -0.2) is 50.2 Å². The molecule has 0 radical (unpaired) electrons. The molecule has 1 aromatic rings. The number of aliphatic hydroxyl groups is 1. The Kier molecular flexibility index (Phi) is 6.33. The fraction of sp³-hybridized carbons (Fsp3) is 0.600. The van der Waals surface area contributed by atoms with Crippen molar-refractivity contribution in [3.63, 3.8) is 0 Å². The molecule has 23 heavy (non-hydrogen) atoms. The maximum absolute atomic E-state index is 12.3. The average Bonchev–Trinajstić information content (AvgIpc) is 2.77. The largest absolute Gasteiger partial charge is 0.390 e. The topological polar surface area (TPSA) is 69.6 Å². The molecule has 0 bridgehead atoms. The Morgan fingerprint density at radius 1 is 1.39 bits per heavy atom. The summed E-state index contributed by atoms with van der Waals surface area (Å²) in [6.07, 6.45) is 0.312. The maximum Gasteiger partial charge on any atom is 0.242 e. The maximum atomic E-state index is 12.3. The minimum Gasteiger partial charge on any atom is -0.390 e. The van der Waals surface area contributed by atoms with Crippen molar-refractivity contribution < 1.29 is 13.5 Å². The van der Waals surface area contributed by atoms with Gasteiger partial charge in [0.1, 0.15) is 4.90 Å². The summed E-state index contributed by atoms with van der Waals surface area (Å²) in [5.41, 5.74) is 0. The first-order chi connectivity index (χ1) is 10.7. The number of halogens is 2. The van der Waals surface area contributed by atoms with Crippen molar-refractivity contribution in [1.29, 1.82) is 0 Å². The number of likely N-dealkylation sites (tertiary alicyclic amines) is 1. The molecule has 3 atom stereocenters. The summed E-state index contributed by atoms with van der Waals surface area (Å²) < 4.78 is 27.0. The molecule has 1 fully saturated rings. The normalized spacial score (nSPS) is 24.0. The second-order valence-corrected chi connectivity index (χ2v) is 8.72. The minimum atomic E-state index is -3.81. The summed E-state index contributed by atoms with van der Waals surface area (Å²) in [6.45, 7) is 5.59. The molecular weight excluding hydrogens is 359 g/mol. The molecule has 1 aromatic carbocycles. The van der Waals surface area contributed by atoms with Crippen LogP contribution in [0.1, 0.15) is 20.3 Å². The van der Waals surface area contributed by atoms with Gasteiger partial charge in [-0.2, -0.15) is 0 Å². The van der Waals surface area contributed by atoms with E-state index in [-0.39, 0.29) is 21.5 Å². The summed E-state index contributed by atoms with van der Waals surface area (Å²) >= 11 is 11.8. The standard InChI is InChI=1S/C15H22Cl2N2O3S/c1-10-6-11(2)19(8-10)9-12(20)7-18-23(21,22)14-5-3-4-13(16)15(14)17/h3-5,10-12,18,20H,6-9H2,1-2H3/t10?,11?,12-/m0/s1. The highest BCUT2D eigenvalue weighted by atomic mass is 35.5. The number of nitrogens with zero attached hydrogens (tertiary/aromatic N) is 1. The molecule has 2 rings (SSSR count). The fourth-order valence-electron chi connectivity index (χ4n) is 2.95. The van der Waals surface area contributed by atoms with Gasteiger partial charge in [0.15, 0.2) is 0 Å². The second-order valence-electron chi connectivity index (χ2n) is 6.20. The van der Waals surface area contributed by atoms with Crippen LogP contribution < -0.4 is 4.72 Å². The third-order valence-corrected chi connectivity index (χ3v) is 6.47. The van der Waals surface area contributed by atoms with Gasteiger partial charge in [0.2, 0.25) is 10.0 Å². The monoisotopic (exact) mass is 380 g/mol. The van der Waals surface area contributed by atoms with Crippen LogP contribution in [0.5, 0.6) is 0 Å². The van der Waals surface area contributed by atoms with Crippen molar-refractivity contribution in [2.75, 3.05) is 19.6 Å². The molecule has 1 saturated heterocycles. The van der Waals surface area contributed by atoms with Crippen molar-refractivity contribution in [2.45, 2.75) is 37.3 Å². The van der Waals surface area contributed by atoms with E-state index in [9.17, 15) is 13.5 Å². The number of nitrogens with one attached hydrogen (secondary N) is 1. The van der Waals surface area contributed by atoms with Crippen molar-refractivity contribution >= 4 is 33.2 Å². The van der Waals surface area contributed by atoms with Gasteiger partial charge in [-0.3, -0.25) is 4.90 Å². The van der Waals surface area contributed by atoms with Crippen molar-refractivity contribution in [2.24, 2.45) is 5.92 Å². The van der Waals surface area contributed by atoms with Crippen LogP contribution in [0, 0.1) is 5.92 Å². The number of benzene rings is 1. The predicted molar refractivity (Wildman–Crippen MR) is 92.5 cm³/mol. The molecule has 0 saturated carbocycles. The van der Waals surface area contributed by atoms with E-state index in [2.05, 4.69) is 23.5 Å². The van der Waals surface area contributed by atoms with Gasteiger partial charge in [0, 0.05) is 25.7 Å². The molecule has 0 amide bonds. The number of rotatable bonds is 6. The van der Waals surface area contributed by atoms with Crippen molar-refractivity contribution in [3.8, 4) is 0 Å². The van der Waals surface area contributed by atoms with Crippen molar-refractivity contribution in [3.05, 3.63) is 28.2 Å².